The number of nitrogens with one attached hydrogen (secondary N) is 1. The van der Waals surface area contributed by atoms with Crippen molar-refractivity contribution < 1.29 is 9.53 Å². The lowest BCUT2D eigenvalue weighted by atomic mass is 9.91. The van der Waals surface area contributed by atoms with Crippen molar-refractivity contribution in [1.82, 2.24) is 10.2 Å². The number of nitrogens with zero attached hydrogens (tertiary/aromatic N) is 1. The van der Waals surface area contributed by atoms with Crippen LogP contribution in [-0.4, -0.2) is 36.2 Å². The normalized spacial score (nSPS) is 22.8. The Morgan fingerprint density at radius 3 is 2.71 bits per heavy atom. The quantitative estimate of drug-likeness (QED) is 0.905. The van der Waals surface area contributed by atoms with Gasteiger partial charge in [0.25, 0.3) is 0 Å². The molecule has 1 aliphatic carbocycles. The first-order valence-electron chi connectivity index (χ1n) is 8.03. The minimum Gasteiger partial charge on any atom is -0.445 e. The largest absolute Gasteiger partial charge is 0.445 e. The van der Waals surface area contributed by atoms with Gasteiger partial charge in [-0.2, -0.15) is 0 Å². The highest BCUT2D eigenvalue weighted by Crippen LogP contribution is 2.30. The molecule has 2 aliphatic rings. The Kier molecular flexibility index (Phi) is 4.76. The highest BCUT2D eigenvalue weighted by molar-refractivity contribution is 5.67. The van der Waals surface area contributed by atoms with E-state index in [2.05, 4.69) is 10.2 Å². The molecule has 21 heavy (non-hydrogen) atoms. The molecule has 0 aromatic heterocycles. The van der Waals surface area contributed by atoms with Gasteiger partial charge in [-0.25, -0.2) is 4.79 Å². The number of carbonyl (C=O) groups is 1. The molecule has 1 aliphatic heterocycles. The van der Waals surface area contributed by atoms with Crippen molar-refractivity contribution in [2.75, 3.05) is 13.1 Å². The summed E-state index contributed by atoms with van der Waals surface area (Å²) in [5.41, 5.74) is 1.02. The molecule has 4 heteroatoms. The zero-order chi connectivity index (χ0) is 14.5. The van der Waals surface area contributed by atoms with Crippen molar-refractivity contribution in [1.29, 1.82) is 0 Å². The molecule has 114 valence electrons. The van der Waals surface area contributed by atoms with Crippen LogP contribution in [0.3, 0.4) is 0 Å². The van der Waals surface area contributed by atoms with E-state index in [4.69, 9.17) is 4.74 Å². The average molecular weight is 288 g/mol. The number of amides is 1. The highest BCUT2D eigenvalue weighted by Gasteiger charge is 2.33. The summed E-state index contributed by atoms with van der Waals surface area (Å²) in [5, 5.41) is 2.93. The van der Waals surface area contributed by atoms with Gasteiger partial charge in [-0.3, -0.25) is 4.90 Å². The molecular weight excluding hydrogens is 264 g/mol. The van der Waals surface area contributed by atoms with Crippen LogP contribution in [0.15, 0.2) is 30.3 Å². The van der Waals surface area contributed by atoms with Crippen molar-refractivity contribution in [3.63, 3.8) is 0 Å². The molecule has 0 radical (unpaired) electrons. The van der Waals surface area contributed by atoms with Gasteiger partial charge in [-0.1, -0.05) is 36.8 Å². The van der Waals surface area contributed by atoms with Crippen molar-refractivity contribution in [3.8, 4) is 0 Å². The number of rotatable bonds is 5. The second-order valence-corrected chi connectivity index (χ2v) is 6.06. The summed E-state index contributed by atoms with van der Waals surface area (Å²) in [5.74, 6) is 0. The summed E-state index contributed by atoms with van der Waals surface area (Å²) in [6.07, 6.45) is 6.15. The molecule has 1 saturated carbocycles. The molecule has 1 amide bonds. The fraction of sp³-hybridized carbons (Fsp3) is 0.588. The number of carbonyl (C=O) groups excluding carboxylic acids is 1. The van der Waals surface area contributed by atoms with Crippen LogP contribution in [-0.2, 0) is 11.3 Å². The minimum atomic E-state index is -0.306. The molecule has 0 spiro atoms. The van der Waals surface area contributed by atoms with E-state index < -0.39 is 0 Å². The fourth-order valence-corrected chi connectivity index (χ4v) is 3.25. The monoisotopic (exact) mass is 288 g/mol. The zero-order valence-electron chi connectivity index (χ0n) is 12.5. The zero-order valence-corrected chi connectivity index (χ0v) is 12.5. The molecule has 1 atom stereocenters. The first-order chi connectivity index (χ1) is 10.3. The predicted molar refractivity (Wildman–Crippen MR) is 82.0 cm³/mol. The van der Waals surface area contributed by atoms with Gasteiger partial charge >= 0.3 is 6.09 Å². The van der Waals surface area contributed by atoms with Gasteiger partial charge in [-0.05, 0) is 37.8 Å². The maximum absolute atomic E-state index is 11.8. The Labute approximate surface area is 126 Å². The number of alkyl carbamates (subject to hydrolysis) is 1. The van der Waals surface area contributed by atoms with Crippen molar-refractivity contribution in [2.45, 2.75) is 50.8 Å². The summed E-state index contributed by atoms with van der Waals surface area (Å²) >= 11 is 0. The van der Waals surface area contributed by atoms with E-state index >= 15 is 0 Å². The predicted octanol–water partition coefficient (Wildman–Crippen LogP) is 2.93. The van der Waals surface area contributed by atoms with Gasteiger partial charge in [0.2, 0.25) is 0 Å². The Morgan fingerprint density at radius 1 is 1.19 bits per heavy atom. The molecule has 1 unspecified atom stereocenters. The first-order valence-corrected chi connectivity index (χ1v) is 8.03. The molecule has 4 nitrogen and oxygen atoms in total. The third-order valence-electron chi connectivity index (χ3n) is 4.66. The van der Waals surface area contributed by atoms with E-state index in [1.165, 1.54) is 38.6 Å². The third-order valence-corrected chi connectivity index (χ3v) is 4.66. The smallest absolute Gasteiger partial charge is 0.407 e. The van der Waals surface area contributed by atoms with Crippen LogP contribution < -0.4 is 5.32 Å². The Hall–Kier alpha value is -1.55. The van der Waals surface area contributed by atoms with Crippen molar-refractivity contribution in [3.05, 3.63) is 35.9 Å². The van der Waals surface area contributed by atoms with E-state index in [0.29, 0.717) is 19.2 Å². The number of likely N-dealkylation sites (tertiary alicyclic amines) is 1. The van der Waals surface area contributed by atoms with E-state index in [-0.39, 0.29) is 6.09 Å². The SMILES string of the molecule is O=C(NCC1CCCN1C1CCC1)OCc1ccccc1. The van der Waals surface area contributed by atoms with Gasteiger partial charge in [0, 0.05) is 18.6 Å². The van der Waals surface area contributed by atoms with E-state index in [1.807, 2.05) is 30.3 Å². The van der Waals surface area contributed by atoms with Crippen molar-refractivity contribution >= 4 is 6.09 Å². The average Bonchev–Trinajstić information content (AvgIpc) is 2.90. The fourth-order valence-electron chi connectivity index (χ4n) is 3.25. The number of ether oxygens (including phenoxy) is 1. The molecule has 1 N–H and O–H groups in total. The van der Waals surface area contributed by atoms with E-state index in [1.54, 1.807) is 0 Å². The molecule has 3 rings (SSSR count). The second-order valence-electron chi connectivity index (χ2n) is 6.06. The number of benzene rings is 1. The lowest BCUT2D eigenvalue weighted by molar-refractivity contribution is 0.105. The van der Waals surface area contributed by atoms with Crippen LogP contribution in [0.2, 0.25) is 0 Å². The van der Waals surface area contributed by atoms with Crippen LogP contribution in [0.5, 0.6) is 0 Å². The molecule has 1 aromatic carbocycles. The Balaban J connectivity index is 1.39. The van der Waals surface area contributed by atoms with Crippen molar-refractivity contribution in [2.24, 2.45) is 0 Å². The van der Waals surface area contributed by atoms with Gasteiger partial charge in [0.15, 0.2) is 0 Å². The van der Waals surface area contributed by atoms with Gasteiger partial charge in [-0.15, -0.1) is 0 Å². The summed E-state index contributed by atoms with van der Waals surface area (Å²) < 4.78 is 5.26. The maximum atomic E-state index is 11.8. The lowest BCUT2D eigenvalue weighted by Crippen LogP contribution is -2.47. The van der Waals surface area contributed by atoms with E-state index in [0.717, 1.165) is 11.6 Å². The molecular formula is C17H24N2O2. The Bertz CT molecular complexity index is 459. The minimum absolute atomic E-state index is 0.306. The number of hydrogen-bond donors (Lipinski definition) is 1. The topological polar surface area (TPSA) is 41.6 Å². The molecule has 1 aromatic rings. The summed E-state index contributed by atoms with van der Waals surface area (Å²) in [6, 6.07) is 11.0. The molecule has 1 heterocycles. The lowest BCUT2D eigenvalue weighted by Gasteiger charge is -2.38. The van der Waals surface area contributed by atoms with Crippen LogP contribution in [0.25, 0.3) is 0 Å². The summed E-state index contributed by atoms with van der Waals surface area (Å²) in [6.45, 7) is 2.24. The maximum Gasteiger partial charge on any atom is 0.407 e. The van der Waals surface area contributed by atoms with Gasteiger partial charge in [0.1, 0.15) is 6.61 Å². The number of hydrogen-bond acceptors (Lipinski definition) is 3. The standard InChI is InChI=1S/C17H24N2O2/c20-17(21-13-14-6-2-1-3-7-14)18-12-16-10-5-11-19(16)15-8-4-9-15/h1-3,6-7,15-16H,4-5,8-13H2,(H,18,20). The van der Waals surface area contributed by atoms with Gasteiger partial charge < -0.3 is 10.1 Å². The first kappa shape index (κ1) is 14.4. The molecule has 2 fully saturated rings. The summed E-state index contributed by atoms with van der Waals surface area (Å²) in [4.78, 5) is 14.4. The third kappa shape index (κ3) is 3.76. The summed E-state index contributed by atoms with van der Waals surface area (Å²) in [7, 11) is 0. The molecule has 0 bridgehead atoms. The Morgan fingerprint density at radius 2 is 2.00 bits per heavy atom. The van der Waals surface area contributed by atoms with Crippen LogP contribution in [0.1, 0.15) is 37.7 Å². The van der Waals surface area contributed by atoms with Crippen LogP contribution >= 0.6 is 0 Å². The van der Waals surface area contributed by atoms with Gasteiger partial charge in [0.05, 0.1) is 0 Å². The van der Waals surface area contributed by atoms with Crippen LogP contribution in [0.4, 0.5) is 4.79 Å². The van der Waals surface area contributed by atoms with E-state index in [9.17, 15) is 4.79 Å². The molecule has 1 saturated heterocycles. The van der Waals surface area contributed by atoms with Crippen LogP contribution in [0, 0.1) is 0 Å². The second kappa shape index (κ2) is 6.94. The highest BCUT2D eigenvalue weighted by atomic mass is 16.5.